The molecule has 0 fully saturated rings. The fourth-order valence-electron chi connectivity index (χ4n) is 2.78. The van der Waals surface area contributed by atoms with Gasteiger partial charge in [-0.15, -0.1) is 0 Å². The number of likely N-dealkylation sites (N-methyl/N-ethyl adjacent to an activating group) is 1. The number of carbonyl (C=O) groups excluding carboxylic acids is 1. The Kier molecular flexibility index (Phi) is 7.14. The van der Waals surface area contributed by atoms with Gasteiger partial charge in [0.1, 0.15) is 12.4 Å². The lowest BCUT2D eigenvalue weighted by atomic mass is 10.0. The minimum atomic E-state index is -0.216. The van der Waals surface area contributed by atoms with Crippen molar-refractivity contribution in [2.24, 2.45) is 0 Å². The van der Waals surface area contributed by atoms with Gasteiger partial charge in [0.2, 0.25) is 0 Å². The predicted octanol–water partition coefficient (Wildman–Crippen LogP) is 2.32. The van der Waals surface area contributed by atoms with E-state index in [4.69, 9.17) is 0 Å². The topological polar surface area (TPSA) is 33.5 Å². The first-order valence-electron chi connectivity index (χ1n) is 8.86. The standard InChI is InChI=1S/C21H27FN2O/c1-16(2)18-10-8-17(9-11-18)12-13-23-21(25)15-24(3)14-19-6-4-5-7-20(19)22/h4-11,16H,12-15H2,1-3H3,(H,23,25)/p+1. The first-order valence-corrected chi connectivity index (χ1v) is 8.86. The second-order valence-electron chi connectivity index (χ2n) is 6.90. The number of hydrogen-bond donors (Lipinski definition) is 2. The fourth-order valence-corrected chi connectivity index (χ4v) is 2.78. The van der Waals surface area contributed by atoms with Crippen LogP contribution in [-0.4, -0.2) is 26.0 Å². The first-order chi connectivity index (χ1) is 12.0. The summed E-state index contributed by atoms with van der Waals surface area (Å²) in [6.07, 6.45) is 0.816. The van der Waals surface area contributed by atoms with Crippen molar-refractivity contribution in [2.45, 2.75) is 32.7 Å². The zero-order chi connectivity index (χ0) is 18.2. The highest BCUT2D eigenvalue weighted by Gasteiger charge is 2.12. The van der Waals surface area contributed by atoms with Gasteiger partial charge in [0, 0.05) is 12.1 Å². The molecule has 0 aliphatic heterocycles. The number of carbonyl (C=O) groups is 1. The third kappa shape index (κ3) is 6.31. The van der Waals surface area contributed by atoms with Crippen molar-refractivity contribution < 1.29 is 14.1 Å². The Morgan fingerprint density at radius 2 is 1.80 bits per heavy atom. The first kappa shape index (κ1) is 19.1. The van der Waals surface area contributed by atoms with Crippen molar-refractivity contribution in [3.8, 4) is 0 Å². The van der Waals surface area contributed by atoms with E-state index >= 15 is 0 Å². The highest BCUT2D eigenvalue weighted by Crippen LogP contribution is 2.14. The molecule has 0 saturated carbocycles. The van der Waals surface area contributed by atoms with Gasteiger partial charge in [0.25, 0.3) is 5.91 Å². The van der Waals surface area contributed by atoms with E-state index in [2.05, 4.69) is 43.4 Å². The summed E-state index contributed by atoms with van der Waals surface area (Å²) in [6, 6.07) is 15.2. The van der Waals surface area contributed by atoms with Crippen molar-refractivity contribution in [3.05, 3.63) is 71.0 Å². The Morgan fingerprint density at radius 3 is 2.44 bits per heavy atom. The molecule has 0 heterocycles. The summed E-state index contributed by atoms with van der Waals surface area (Å²) >= 11 is 0. The molecule has 25 heavy (non-hydrogen) atoms. The Labute approximate surface area is 149 Å². The molecule has 134 valence electrons. The molecule has 0 radical (unpaired) electrons. The number of quaternary nitrogens is 1. The van der Waals surface area contributed by atoms with E-state index in [9.17, 15) is 9.18 Å². The Hall–Kier alpha value is -2.20. The summed E-state index contributed by atoms with van der Waals surface area (Å²) in [6.45, 7) is 5.80. The molecule has 1 atom stereocenters. The number of benzene rings is 2. The Bertz CT molecular complexity index is 683. The third-order valence-corrected chi connectivity index (χ3v) is 4.29. The van der Waals surface area contributed by atoms with Gasteiger partial charge in [0.05, 0.1) is 7.05 Å². The molecular formula is C21H28FN2O+. The number of amides is 1. The summed E-state index contributed by atoms with van der Waals surface area (Å²) in [5.74, 6) is 0.307. The van der Waals surface area contributed by atoms with E-state index in [0.29, 0.717) is 31.1 Å². The monoisotopic (exact) mass is 343 g/mol. The van der Waals surface area contributed by atoms with E-state index in [1.54, 1.807) is 12.1 Å². The van der Waals surface area contributed by atoms with Gasteiger partial charge in [-0.25, -0.2) is 4.39 Å². The predicted molar refractivity (Wildman–Crippen MR) is 99.1 cm³/mol. The average Bonchev–Trinajstić information content (AvgIpc) is 2.57. The van der Waals surface area contributed by atoms with E-state index in [-0.39, 0.29) is 11.7 Å². The lowest BCUT2D eigenvalue weighted by Crippen LogP contribution is -3.09. The fraction of sp³-hybridized carbons (Fsp3) is 0.381. The molecule has 0 aliphatic carbocycles. The molecular weight excluding hydrogens is 315 g/mol. The molecule has 0 aliphatic rings. The van der Waals surface area contributed by atoms with Crippen molar-refractivity contribution in [1.29, 1.82) is 0 Å². The molecule has 2 aromatic carbocycles. The molecule has 1 amide bonds. The van der Waals surface area contributed by atoms with Gasteiger partial charge >= 0.3 is 0 Å². The quantitative estimate of drug-likeness (QED) is 0.758. The van der Waals surface area contributed by atoms with Crippen LogP contribution in [0.15, 0.2) is 48.5 Å². The van der Waals surface area contributed by atoms with Crippen LogP contribution in [-0.2, 0) is 17.8 Å². The van der Waals surface area contributed by atoms with Crippen LogP contribution in [0.1, 0.15) is 36.5 Å². The van der Waals surface area contributed by atoms with E-state index in [0.717, 1.165) is 11.3 Å². The molecule has 4 heteroatoms. The average molecular weight is 343 g/mol. The Balaban J connectivity index is 1.72. The van der Waals surface area contributed by atoms with Gasteiger partial charge in [0.15, 0.2) is 6.54 Å². The number of halogens is 1. The molecule has 3 nitrogen and oxygen atoms in total. The minimum Gasteiger partial charge on any atom is -0.351 e. The van der Waals surface area contributed by atoms with Gasteiger partial charge in [-0.05, 0) is 29.5 Å². The van der Waals surface area contributed by atoms with E-state index < -0.39 is 0 Å². The highest BCUT2D eigenvalue weighted by molar-refractivity contribution is 5.76. The Morgan fingerprint density at radius 1 is 1.12 bits per heavy atom. The van der Waals surface area contributed by atoms with Gasteiger partial charge in [-0.3, -0.25) is 4.79 Å². The smallest absolute Gasteiger partial charge is 0.275 e. The van der Waals surface area contributed by atoms with Crippen LogP contribution in [0.25, 0.3) is 0 Å². The molecule has 2 N–H and O–H groups in total. The maximum atomic E-state index is 13.6. The van der Waals surface area contributed by atoms with Crippen LogP contribution in [0.3, 0.4) is 0 Å². The largest absolute Gasteiger partial charge is 0.351 e. The van der Waals surface area contributed by atoms with Crippen LogP contribution in [0.5, 0.6) is 0 Å². The van der Waals surface area contributed by atoms with Gasteiger partial charge in [-0.1, -0.05) is 56.3 Å². The molecule has 2 rings (SSSR count). The molecule has 0 spiro atoms. The number of nitrogens with one attached hydrogen (secondary N) is 2. The SMILES string of the molecule is CC(C)c1ccc(CCNC(=O)C[NH+](C)Cc2ccccc2F)cc1. The zero-order valence-corrected chi connectivity index (χ0v) is 15.3. The molecule has 0 saturated heterocycles. The molecule has 0 aromatic heterocycles. The summed E-state index contributed by atoms with van der Waals surface area (Å²) in [4.78, 5) is 13.0. The number of hydrogen-bond acceptors (Lipinski definition) is 1. The van der Waals surface area contributed by atoms with Gasteiger partial charge < -0.3 is 10.2 Å². The summed E-state index contributed by atoms with van der Waals surface area (Å²) in [5, 5.41) is 2.95. The van der Waals surface area contributed by atoms with Crippen LogP contribution in [0.2, 0.25) is 0 Å². The van der Waals surface area contributed by atoms with Crippen LogP contribution in [0.4, 0.5) is 4.39 Å². The van der Waals surface area contributed by atoms with Crippen molar-refractivity contribution in [3.63, 3.8) is 0 Å². The lowest BCUT2D eigenvalue weighted by Gasteiger charge is -2.14. The maximum Gasteiger partial charge on any atom is 0.275 e. The third-order valence-electron chi connectivity index (χ3n) is 4.29. The van der Waals surface area contributed by atoms with Crippen molar-refractivity contribution in [2.75, 3.05) is 20.1 Å². The van der Waals surface area contributed by atoms with Crippen LogP contribution >= 0.6 is 0 Å². The van der Waals surface area contributed by atoms with Crippen LogP contribution < -0.4 is 10.2 Å². The van der Waals surface area contributed by atoms with Crippen molar-refractivity contribution in [1.82, 2.24) is 5.32 Å². The van der Waals surface area contributed by atoms with Crippen LogP contribution in [0, 0.1) is 5.82 Å². The second kappa shape index (κ2) is 9.33. The maximum absolute atomic E-state index is 13.6. The lowest BCUT2D eigenvalue weighted by molar-refractivity contribution is -0.885. The molecule has 0 bridgehead atoms. The highest BCUT2D eigenvalue weighted by atomic mass is 19.1. The number of rotatable bonds is 8. The summed E-state index contributed by atoms with van der Waals surface area (Å²) in [5.41, 5.74) is 3.18. The van der Waals surface area contributed by atoms with Crippen molar-refractivity contribution >= 4 is 5.91 Å². The van der Waals surface area contributed by atoms with E-state index in [1.807, 2.05) is 13.1 Å². The van der Waals surface area contributed by atoms with E-state index in [1.165, 1.54) is 17.2 Å². The molecule has 2 aromatic rings. The summed E-state index contributed by atoms with van der Waals surface area (Å²) in [7, 11) is 1.90. The molecule has 1 unspecified atom stereocenters. The summed E-state index contributed by atoms with van der Waals surface area (Å²) < 4.78 is 13.6. The second-order valence-corrected chi connectivity index (χ2v) is 6.90. The van der Waals surface area contributed by atoms with Gasteiger partial charge in [-0.2, -0.15) is 0 Å². The minimum absolute atomic E-state index is 0.00681. The zero-order valence-electron chi connectivity index (χ0n) is 15.3. The normalized spacial score (nSPS) is 12.2.